The van der Waals surface area contributed by atoms with E-state index in [4.69, 9.17) is 0 Å². The van der Waals surface area contributed by atoms with Crippen molar-refractivity contribution in [3.8, 4) is 0 Å². The quantitative estimate of drug-likeness (QED) is 0.727. The van der Waals surface area contributed by atoms with Crippen LogP contribution < -0.4 is 0 Å². The van der Waals surface area contributed by atoms with Crippen LogP contribution in [0, 0.1) is 5.92 Å². The smallest absolute Gasteiger partial charge is 0.222 e. The second-order valence-electron chi connectivity index (χ2n) is 4.87. The van der Waals surface area contributed by atoms with Gasteiger partial charge in [0.15, 0.2) is 0 Å². The molecule has 14 heavy (non-hydrogen) atoms. The van der Waals surface area contributed by atoms with Crippen molar-refractivity contribution in [2.75, 3.05) is 13.1 Å². The lowest BCUT2D eigenvalue weighted by atomic mass is 10.1. The molecule has 3 heteroatoms. The number of carbonyl (C=O) groups excluding carboxylic acids is 1. The molecule has 1 saturated carbocycles. The molecule has 0 aliphatic heterocycles. The molecule has 1 amide bonds. The molecule has 0 bridgehead atoms. The van der Waals surface area contributed by atoms with Crippen LogP contribution in [0.2, 0.25) is 0 Å². The van der Waals surface area contributed by atoms with E-state index >= 15 is 0 Å². The molecule has 1 N–H and O–H groups in total. The van der Waals surface area contributed by atoms with E-state index in [1.807, 2.05) is 6.92 Å². The van der Waals surface area contributed by atoms with Gasteiger partial charge in [0.05, 0.1) is 5.60 Å². The highest BCUT2D eigenvalue weighted by atomic mass is 16.3. The van der Waals surface area contributed by atoms with Gasteiger partial charge in [0, 0.05) is 19.5 Å². The molecule has 1 aliphatic rings. The molecule has 82 valence electrons. The minimum atomic E-state index is -0.783. The molecule has 1 fully saturated rings. The standard InChI is InChI=1S/C11H21NO2/c1-4-12(8-11(2,3)14)10(13)7-9-5-6-9/h9,14H,4-8H2,1-3H3. The van der Waals surface area contributed by atoms with Crippen molar-refractivity contribution in [1.82, 2.24) is 4.90 Å². The average molecular weight is 199 g/mol. The van der Waals surface area contributed by atoms with Crippen molar-refractivity contribution in [1.29, 1.82) is 0 Å². The van der Waals surface area contributed by atoms with Crippen LogP contribution in [-0.4, -0.2) is 34.6 Å². The maximum Gasteiger partial charge on any atom is 0.222 e. The van der Waals surface area contributed by atoms with Crippen molar-refractivity contribution in [3.05, 3.63) is 0 Å². The monoisotopic (exact) mass is 199 g/mol. The van der Waals surface area contributed by atoms with Crippen LogP contribution >= 0.6 is 0 Å². The van der Waals surface area contributed by atoms with E-state index in [1.165, 1.54) is 12.8 Å². The number of nitrogens with zero attached hydrogens (tertiary/aromatic N) is 1. The molecule has 0 saturated heterocycles. The van der Waals surface area contributed by atoms with Gasteiger partial charge >= 0.3 is 0 Å². The predicted molar refractivity (Wildman–Crippen MR) is 55.9 cm³/mol. The summed E-state index contributed by atoms with van der Waals surface area (Å²) in [5, 5.41) is 9.62. The average Bonchev–Trinajstić information content (AvgIpc) is 2.82. The van der Waals surface area contributed by atoms with Gasteiger partial charge in [0.1, 0.15) is 0 Å². The zero-order chi connectivity index (χ0) is 10.8. The van der Waals surface area contributed by atoms with Crippen LogP contribution in [0.1, 0.15) is 40.0 Å². The Balaban J connectivity index is 2.39. The van der Waals surface area contributed by atoms with E-state index in [-0.39, 0.29) is 5.91 Å². The largest absolute Gasteiger partial charge is 0.389 e. The number of hydrogen-bond donors (Lipinski definition) is 1. The first-order chi connectivity index (χ1) is 6.42. The Labute approximate surface area is 86.1 Å². The molecule has 0 radical (unpaired) electrons. The summed E-state index contributed by atoms with van der Waals surface area (Å²) in [4.78, 5) is 13.5. The molecule has 0 aromatic carbocycles. The van der Waals surface area contributed by atoms with Gasteiger partial charge in [0.2, 0.25) is 5.91 Å². The van der Waals surface area contributed by atoms with Crippen LogP contribution in [-0.2, 0) is 4.79 Å². The number of likely N-dealkylation sites (N-methyl/N-ethyl adjacent to an activating group) is 1. The first-order valence-corrected chi connectivity index (χ1v) is 5.42. The lowest BCUT2D eigenvalue weighted by Gasteiger charge is -2.28. The highest BCUT2D eigenvalue weighted by molar-refractivity contribution is 5.76. The van der Waals surface area contributed by atoms with Crippen LogP contribution in [0.5, 0.6) is 0 Å². The maximum absolute atomic E-state index is 11.7. The van der Waals surface area contributed by atoms with Crippen molar-refractivity contribution in [3.63, 3.8) is 0 Å². The third kappa shape index (κ3) is 4.09. The SMILES string of the molecule is CCN(CC(C)(C)O)C(=O)CC1CC1. The van der Waals surface area contributed by atoms with Crippen molar-refractivity contribution >= 4 is 5.91 Å². The van der Waals surface area contributed by atoms with Crippen molar-refractivity contribution in [2.45, 2.75) is 45.6 Å². The summed E-state index contributed by atoms with van der Waals surface area (Å²) in [6, 6.07) is 0. The molecule has 0 heterocycles. The van der Waals surface area contributed by atoms with Gasteiger partial charge < -0.3 is 10.0 Å². The lowest BCUT2D eigenvalue weighted by Crippen LogP contribution is -2.42. The fourth-order valence-corrected chi connectivity index (χ4v) is 1.54. The summed E-state index contributed by atoms with van der Waals surface area (Å²) in [5.41, 5.74) is -0.783. The Morgan fingerprint density at radius 2 is 2.07 bits per heavy atom. The molecule has 0 aromatic heterocycles. The summed E-state index contributed by atoms with van der Waals surface area (Å²) in [7, 11) is 0. The predicted octanol–water partition coefficient (Wildman–Crippen LogP) is 1.41. The topological polar surface area (TPSA) is 40.5 Å². The van der Waals surface area contributed by atoms with Crippen molar-refractivity contribution < 1.29 is 9.90 Å². The minimum absolute atomic E-state index is 0.192. The number of aliphatic hydroxyl groups is 1. The van der Waals surface area contributed by atoms with Gasteiger partial charge in [-0.25, -0.2) is 0 Å². The molecule has 0 aromatic rings. The summed E-state index contributed by atoms with van der Waals surface area (Å²) in [6.07, 6.45) is 3.07. The molecule has 1 aliphatic carbocycles. The molecular weight excluding hydrogens is 178 g/mol. The molecule has 3 nitrogen and oxygen atoms in total. The van der Waals surface area contributed by atoms with Crippen LogP contribution in [0.4, 0.5) is 0 Å². The zero-order valence-corrected chi connectivity index (χ0v) is 9.42. The normalized spacial score (nSPS) is 16.9. The van der Waals surface area contributed by atoms with E-state index in [1.54, 1.807) is 18.7 Å². The highest BCUT2D eigenvalue weighted by Crippen LogP contribution is 2.32. The van der Waals surface area contributed by atoms with E-state index in [9.17, 15) is 9.90 Å². The number of hydrogen-bond acceptors (Lipinski definition) is 2. The van der Waals surface area contributed by atoms with Crippen LogP contribution in [0.15, 0.2) is 0 Å². The Bertz CT molecular complexity index is 204. The van der Waals surface area contributed by atoms with E-state index in [2.05, 4.69) is 0 Å². The molecular formula is C11H21NO2. The van der Waals surface area contributed by atoms with Crippen LogP contribution in [0.3, 0.4) is 0 Å². The van der Waals surface area contributed by atoms with E-state index < -0.39 is 5.60 Å². The van der Waals surface area contributed by atoms with Gasteiger partial charge in [-0.15, -0.1) is 0 Å². The second-order valence-corrected chi connectivity index (χ2v) is 4.87. The van der Waals surface area contributed by atoms with Crippen LogP contribution in [0.25, 0.3) is 0 Å². The number of amides is 1. The Morgan fingerprint density at radius 1 is 1.50 bits per heavy atom. The molecule has 0 unspecified atom stereocenters. The number of carbonyl (C=O) groups is 1. The third-order valence-corrected chi connectivity index (χ3v) is 2.47. The van der Waals surface area contributed by atoms with Crippen molar-refractivity contribution in [2.24, 2.45) is 5.92 Å². The lowest BCUT2D eigenvalue weighted by molar-refractivity contribution is -0.134. The van der Waals surface area contributed by atoms with Gasteiger partial charge in [-0.2, -0.15) is 0 Å². The first kappa shape index (κ1) is 11.5. The fraction of sp³-hybridized carbons (Fsp3) is 0.909. The van der Waals surface area contributed by atoms with Gasteiger partial charge in [0.25, 0.3) is 0 Å². The first-order valence-electron chi connectivity index (χ1n) is 5.42. The summed E-state index contributed by atoms with van der Waals surface area (Å²) in [5.74, 6) is 0.815. The Morgan fingerprint density at radius 3 is 2.43 bits per heavy atom. The Kier molecular flexibility index (Phi) is 3.53. The molecule has 1 rings (SSSR count). The van der Waals surface area contributed by atoms with Gasteiger partial charge in [-0.3, -0.25) is 4.79 Å². The van der Waals surface area contributed by atoms with E-state index in [0.29, 0.717) is 25.4 Å². The molecule has 0 atom stereocenters. The van der Waals surface area contributed by atoms with E-state index in [0.717, 1.165) is 0 Å². The zero-order valence-electron chi connectivity index (χ0n) is 9.42. The summed E-state index contributed by atoms with van der Waals surface area (Å²) >= 11 is 0. The maximum atomic E-state index is 11.7. The van der Waals surface area contributed by atoms with Gasteiger partial charge in [-0.05, 0) is 39.5 Å². The Hall–Kier alpha value is -0.570. The summed E-state index contributed by atoms with van der Waals surface area (Å²) in [6.45, 7) is 6.56. The summed E-state index contributed by atoms with van der Waals surface area (Å²) < 4.78 is 0. The van der Waals surface area contributed by atoms with Gasteiger partial charge in [-0.1, -0.05) is 0 Å². The second kappa shape index (κ2) is 4.30. The highest BCUT2D eigenvalue weighted by Gasteiger charge is 2.28. The fourth-order valence-electron chi connectivity index (χ4n) is 1.54. The molecule has 0 spiro atoms. The number of rotatable bonds is 5. The third-order valence-electron chi connectivity index (χ3n) is 2.47. The minimum Gasteiger partial charge on any atom is -0.389 e.